The fourth-order valence-electron chi connectivity index (χ4n) is 0.730. The molecular weight excluding hydrogens is 168 g/mol. The molecule has 0 saturated heterocycles. The topological polar surface area (TPSA) is 35.5 Å². The van der Waals surface area contributed by atoms with Crippen LogP contribution in [0.1, 0.15) is 26.2 Å². The van der Waals surface area contributed by atoms with E-state index in [9.17, 15) is 4.79 Å². The van der Waals surface area contributed by atoms with Crippen molar-refractivity contribution >= 4 is 5.97 Å². The molecular formula is C10H16O3. The summed E-state index contributed by atoms with van der Waals surface area (Å²) in [5.74, 6) is -0.393. The van der Waals surface area contributed by atoms with Crippen molar-refractivity contribution in [2.75, 3.05) is 6.79 Å². The highest BCUT2D eigenvalue weighted by Crippen LogP contribution is 2.06. The van der Waals surface area contributed by atoms with Gasteiger partial charge in [0.25, 0.3) is 0 Å². The summed E-state index contributed by atoms with van der Waals surface area (Å²) in [7, 11) is 0. The number of carbonyl (C=O) groups is 1. The predicted molar refractivity (Wildman–Crippen MR) is 50.9 cm³/mol. The fraction of sp³-hybridized carbons (Fsp3) is 0.500. The third kappa shape index (κ3) is 5.96. The maximum atomic E-state index is 11.1. The van der Waals surface area contributed by atoms with Gasteiger partial charge in [0.2, 0.25) is 6.79 Å². The molecule has 0 aromatic heterocycles. The van der Waals surface area contributed by atoms with Crippen LogP contribution in [0.5, 0.6) is 0 Å². The molecule has 0 bridgehead atoms. The first-order chi connectivity index (χ1) is 6.22. The van der Waals surface area contributed by atoms with Gasteiger partial charge in [-0.25, -0.2) is 4.79 Å². The summed E-state index contributed by atoms with van der Waals surface area (Å²) in [6, 6.07) is 0. The first-order valence-electron chi connectivity index (χ1n) is 4.29. The molecule has 0 unspecified atom stereocenters. The molecule has 0 aliphatic rings. The summed E-state index contributed by atoms with van der Waals surface area (Å²) in [4.78, 5) is 11.1. The first-order valence-corrected chi connectivity index (χ1v) is 4.29. The van der Waals surface area contributed by atoms with Gasteiger partial charge >= 0.3 is 5.97 Å². The minimum Gasteiger partial charge on any atom is -0.466 e. The summed E-state index contributed by atoms with van der Waals surface area (Å²) in [6.45, 7) is 8.90. The summed E-state index contributed by atoms with van der Waals surface area (Å²) in [6.07, 6.45) is 3.90. The summed E-state index contributed by atoms with van der Waals surface area (Å²) < 4.78 is 9.35. The highest BCUT2D eigenvalue weighted by molar-refractivity contribution is 5.87. The van der Waals surface area contributed by atoms with Crippen LogP contribution in [0, 0.1) is 0 Å². The number of rotatable bonds is 7. The molecule has 0 saturated carbocycles. The molecule has 0 spiro atoms. The molecule has 0 fully saturated rings. The zero-order valence-electron chi connectivity index (χ0n) is 8.04. The molecule has 0 rings (SSSR count). The second-order valence-corrected chi connectivity index (χ2v) is 2.59. The van der Waals surface area contributed by atoms with Gasteiger partial charge in [-0.2, -0.15) is 0 Å². The van der Waals surface area contributed by atoms with E-state index in [0.29, 0.717) is 12.0 Å². The minimum atomic E-state index is -0.393. The normalized spacial score (nSPS) is 9.00. The summed E-state index contributed by atoms with van der Waals surface area (Å²) >= 11 is 0. The van der Waals surface area contributed by atoms with Crippen LogP contribution in [-0.2, 0) is 14.3 Å². The van der Waals surface area contributed by atoms with Crippen molar-refractivity contribution in [2.24, 2.45) is 0 Å². The number of hydrogen-bond acceptors (Lipinski definition) is 3. The van der Waals surface area contributed by atoms with Gasteiger partial charge in [0, 0.05) is 5.57 Å². The van der Waals surface area contributed by atoms with Crippen LogP contribution in [0.4, 0.5) is 0 Å². The lowest BCUT2D eigenvalue weighted by Crippen LogP contribution is -2.08. The van der Waals surface area contributed by atoms with E-state index in [1.54, 1.807) is 0 Å². The molecule has 0 N–H and O–H groups in total. The summed E-state index contributed by atoms with van der Waals surface area (Å²) in [5, 5.41) is 0. The third-order valence-corrected chi connectivity index (χ3v) is 1.50. The van der Waals surface area contributed by atoms with Gasteiger partial charge in [-0.15, -0.1) is 0 Å². The van der Waals surface area contributed by atoms with Crippen LogP contribution in [0.3, 0.4) is 0 Å². The Labute approximate surface area is 79.0 Å². The SMILES string of the molecule is C=COCOC(=O)C(=C)CCCC. The van der Waals surface area contributed by atoms with Crippen LogP contribution >= 0.6 is 0 Å². The second kappa shape index (κ2) is 7.40. The smallest absolute Gasteiger partial charge is 0.336 e. The Bertz CT molecular complexity index is 185. The molecule has 0 amide bonds. The van der Waals surface area contributed by atoms with Crippen LogP contribution in [-0.4, -0.2) is 12.8 Å². The van der Waals surface area contributed by atoms with E-state index in [4.69, 9.17) is 4.74 Å². The van der Waals surface area contributed by atoms with E-state index in [1.807, 2.05) is 0 Å². The maximum absolute atomic E-state index is 11.1. The molecule has 0 aliphatic carbocycles. The predicted octanol–water partition coefficient (Wildman–Crippen LogP) is 2.39. The fourth-order valence-corrected chi connectivity index (χ4v) is 0.730. The standard InChI is InChI=1S/C10H16O3/c1-4-6-7-9(3)10(11)13-8-12-5-2/h5H,2-4,6-8H2,1H3. The lowest BCUT2D eigenvalue weighted by Gasteiger charge is -2.05. The lowest BCUT2D eigenvalue weighted by atomic mass is 10.1. The quantitative estimate of drug-likeness (QED) is 0.200. The highest BCUT2D eigenvalue weighted by atomic mass is 16.7. The van der Waals surface area contributed by atoms with Crippen molar-refractivity contribution in [1.29, 1.82) is 0 Å². The van der Waals surface area contributed by atoms with Crippen LogP contribution in [0.25, 0.3) is 0 Å². The molecule has 0 aromatic carbocycles. The molecule has 0 aliphatic heterocycles. The molecule has 0 heterocycles. The monoisotopic (exact) mass is 184 g/mol. The zero-order valence-corrected chi connectivity index (χ0v) is 8.04. The summed E-state index contributed by atoms with van der Waals surface area (Å²) in [5.41, 5.74) is 0.495. The zero-order chi connectivity index (χ0) is 10.1. The van der Waals surface area contributed by atoms with Gasteiger partial charge in [-0.05, 0) is 12.8 Å². The first kappa shape index (κ1) is 11.8. The molecule has 3 heteroatoms. The second-order valence-electron chi connectivity index (χ2n) is 2.59. The van der Waals surface area contributed by atoms with E-state index < -0.39 is 5.97 Å². The Balaban J connectivity index is 3.57. The largest absolute Gasteiger partial charge is 0.466 e. The molecule has 0 atom stereocenters. The van der Waals surface area contributed by atoms with Gasteiger partial charge in [0.15, 0.2) is 0 Å². The Morgan fingerprint density at radius 3 is 2.77 bits per heavy atom. The van der Waals surface area contributed by atoms with E-state index in [1.165, 1.54) is 6.26 Å². The average molecular weight is 184 g/mol. The molecule has 3 nitrogen and oxygen atoms in total. The van der Waals surface area contributed by atoms with Crippen LogP contribution in [0.2, 0.25) is 0 Å². The Morgan fingerprint density at radius 1 is 1.54 bits per heavy atom. The lowest BCUT2D eigenvalue weighted by molar-refractivity contribution is -0.147. The van der Waals surface area contributed by atoms with Crippen molar-refractivity contribution in [1.82, 2.24) is 0 Å². The number of ether oxygens (including phenoxy) is 2. The van der Waals surface area contributed by atoms with Crippen molar-refractivity contribution in [3.8, 4) is 0 Å². The Hall–Kier alpha value is -1.25. The van der Waals surface area contributed by atoms with Crippen LogP contribution in [0.15, 0.2) is 25.0 Å². The van der Waals surface area contributed by atoms with Crippen molar-refractivity contribution in [3.63, 3.8) is 0 Å². The number of esters is 1. The van der Waals surface area contributed by atoms with E-state index in [0.717, 1.165) is 12.8 Å². The van der Waals surface area contributed by atoms with Gasteiger partial charge in [0.05, 0.1) is 6.26 Å². The van der Waals surface area contributed by atoms with E-state index >= 15 is 0 Å². The third-order valence-electron chi connectivity index (χ3n) is 1.50. The molecule has 0 aromatic rings. The maximum Gasteiger partial charge on any atom is 0.336 e. The van der Waals surface area contributed by atoms with Crippen LogP contribution < -0.4 is 0 Å². The van der Waals surface area contributed by atoms with Crippen molar-refractivity contribution in [3.05, 3.63) is 25.0 Å². The van der Waals surface area contributed by atoms with E-state index in [2.05, 4.69) is 24.8 Å². The molecule has 0 radical (unpaired) electrons. The molecule has 74 valence electrons. The Kier molecular flexibility index (Phi) is 6.69. The Morgan fingerprint density at radius 2 is 2.23 bits per heavy atom. The number of hydrogen-bond donors (Lipinski definition) is 0. The number of unbranched alkanes of at least 4 members (excludes halogenated alkanes) is 1. The molecule has 13 heavy (non-hydrogen) atoms. The van der Waals surface area contributed by atoms with Gasteiger partial charge in [0.1, 0.15) is 0 Å². The van der Waals surface area contributed by atoms with Crippen molar-refractivity contribution in [2.45, 2.75) is 26.2 Å². The minimum absolute atomic E-state index is 0.0898. The van der Waals surface area contributed by atoms with Gasteiger partial charge < -0.3 is 9.47 Å². The highest BCUT2D eigenvalue weighted by Gasteiger charge is 2.06. The van der Waals surface area contributed by atoms with Gasteiger partial charge in [-0.1, -0.05) is 26.5 Å². The van der Waals surface area contributed by atoms with Gasteiger partial charge in [-0.3, -0.25) is 0 Å². The van der Waals surface area contributed by atoms with Crippen molar-refractivity contribution < 1.29 is 14.3 Å². The number of carbonyl (C=O) groups excluding carboxylic acids is 1. The van der Waals surface area contributed by atoms with E-state index in [-0.39, 0.29) is 6.79 Å². The average Bonchev–Trinajstić information content (AvgIpc) is 2.14.